The standard InChI is InChI=1S/C12H13FN4O3/c13-8-2-1-6(3-7(8)11(14)19)17-12(20)9-4-16-10(18)5-15-9/h1-3,9,15H,4-5H2,(H2,14,19)(H,16,18)(H,17,20). The van der Waals surface area contributed by atoms with Gasteiger partial charge in [0.2, 0.25) is 11.8 Å². The zero-order chi connectivity index (χ0) is 14.7. The highest BCUT2D eigenvalue weighted by molar-refractivity contribution is 5.99. The Morgan fingerprint density at radius 2 is 2.15 bits per heavy atom. The monoisotopic (exact) mass is 280 g/mol. The van der Waals surface area contributed by atoms with Gasteiger partial charge in [0, 0.05) is 12.2 Å². The van der Waals surface area contributed by atoms with Crippen LogP contribution in [0.15, 0.2) is 18.2 Å². The maximum absolute atomic E-state index is 13.3. The molecule has 1 heterocycles. The number of anilines is 1. The molecule has 1 fully saturated rings. The van der Waals surface area contributed by atoms with E-state index >= 15 is 0 Å². The van der Waals surface area contributed by atoms with Crippen molar-refractivity contribution in [3.8, 4) is 0 Å². The summed E-state index contributed by atoms with van der Waals surface area (Å²) in [4.78, 5) is 33.9. The van der Waals surface area contributed by atoms with Crippen molar-refractivity contribution in [2.45, 2.75) is 6.04 Å². The van der Waals surface area contributed by atoms with Gasteiger partial charge in [0.25, 0.3) is 5.91 Å². The number of nitrogens with one attached hydrogen (secondary N) is 3. The number of carbonyl (C=O) groups excluding carboxylic acids is 3. The first-order valence-corrected chi connectivity index (χ1v) is 5.87. The molecule has 5 N–H and O–H groups in total. The first kappa shape index (κ1) is 13.9. The Hall–Kier alpha value is -2.48. The van der Waals surface area contributed by atoms with E-state index < -0.39 is 23.7 Å². The van der Waals surface area contributed by atoms with Crippen molar-refractivity contribution in [2.24, 2.45) is 5.73 Å². The highest BCUT2D eigenvalue weighted by Crippen LogP contribution is 2.14. The molecule has 7 nitrogen and oxygen atoms in total. The predicted molar refractivity (Wildman–Crippen MR) is 68.3 cm³/mol. The van der Waals surface area contributed by atoms with Crippen LogP contribution in [0.3, 0.4) is 0 Å². The minimum absolute atomic E-state index is 0.0496. The average Bonchev–Trinajstić information content (AvgIpc) is 2.41. The summed E-state index contributed by atoms with van der Waals surface area (Å²) < 4.78 is 13.3. The molecule has 3 amide bonds. The molecule has 20 heavy (non-hydrogen) atoms. The van der Waals surface area contributed by atoms with Gasteiger partial charge in [0.05, 0.1) is 12.1 Å². The van der Waals surface area contributed by atoms with Gasteiger partial charge < -0.3 is 16.4 Å². The first-order chi connectivity index (χ1) is 9.47. The lowest BCUT2D eigenvalue weighted by atomic mass is 10.1. The van der Waals surface area contributed by atoms with E-state index in [4.69, 9.17) is 5.73 Å². The fourth-order valence-electron chi connectivity index (χ4n) is 1.77. The summed E-state index contributed by atoms with van der Waals surface area (Å²) >= 11 is 0. The van der Waals surface area contributed by atoms with Crippen LogP contribution in [-0.2, 0) is 9.59 Å². The first-order valence-electron chi connectivity index (χ1n) is 5.87. The Kier molecular flexibility index (Phi) is 3.94. The van der Waals surface area contributed by atoms with Gasteiger partial charge in [-0.05, 0) is 18.2 Å². The highest BCUT2D eigenvalue weighted by Gasteiger charge is 2.24. The van der Waals surface area contributed by atoms with E-state index in [0.717, 1.165) is 12.1 Å². The lowest BCUT2D eigenvalue weighted by Gasteiger charge is -2.23. The summed E-state index contributed by atoms with van der Waals surface area (Å²) in [5.74, 6) is -2.25. The molecule has 0 spiro atoms. The molecule has 0 aliphatic carbocycles. The van der Waals surface area contributed by atoms with Crippen LogP contribution in [0.2, 0.25) is 0 Å². The van der Waals surface area contributed by atoms with E-state index in [0.29, 0.717) is 0 Å². The Labute approximate surface area is 113 Å². The molecule has 0 aromatic heterocycles. The van der Waals surface area contributed by atoms with E-state index in [1.165, 1.54) is 6.07 Å². The summed E-state index contributed by atoms with van der Waals surface area (Å²) in [5, 5.41) is 7.81. The molecule has 1 saturated heterocycles. The number of hydrogen-bond donors (Lipinski definition) is 4. The quantitative estimate of drug-likeness (QED) is 0.566. The van der Waals surface area contributed by atoms with E-state index in [-0.39, 0.29) is 30.2 Å². The molecule has 0 saturated carbocycles. The van der Waals surface area contributed by atoms with Crippen molar-refractivity contribution in [3.05, 3.63) is 29.6 Å². The van der Waals surface area contributed by atoms with Gasteiger partial charge in [0.1, 0.15) is 11.9 Å². The van der Waals surface area contributed by atoms with Crippen molar-refractivity contribution in [1.82, 2.24) is 10.6 Å². The van der Waals surface area contributed by atoms with Gasteiger partial charge >= 0.3 is 0 Å². The molecule has 1 atom stereocenters. The van der Waals surface area contributed by atoms with Gasteiger partial charge in [-0.3, -0.25) is 19.7 Å². The second kappa shape index (κ2) is 5.66. The molecule has 1 aromatic carbocycles. The molecule has 1 aromatic rings. The molecule has 1 aliphatic heterocycles. The maximum atomic E-state index is 13.3. The lowest BCUT2D eigenvalue weighted by Crippen LogP contribution is -2.56. The number of hydrogen-bond acceptors (Lipinski definition) is 4. The zero-order valence-electron chi connectivity index (χ0n) is 10.4. The van der Waals surface area contributed by atoms with Crippen LogP contribution in [0.5, 0.6) is 0 Å². The molecule has 106 valence electrons. The Morgan fingerprint density at radius 1 is 1.40 bits per heavy atom. The Bertz CT molecular complexity index is 566. The van der Waals surface area contributed by atoms with E-state index in [2.05, 4.69) is 16.0 Å². The van der Waals surface area contributed by atoms with Crippen molar-refractivity contribution >= 4 is 23.4 Å². The highest BCUT2D eigenvalue weighted by atomic mass is 19.1. The number of carbonyl (C=O) groups is 3. The van der Waals surface area contributed by atoms with Crippen LogP contribution >= 0.6 is 0 Å². The third-order valence-corrected chi connectivity index (χ3v) is 2.83. The molecular formula is C12H13FN4O3. The molecule has 0 radical (unpaired) electrons. The van der Waals surface area contributed by atoms with Gasteiger partial charge in [-0.25, -0.2) is 4.39 Å². The summed E-state index contributed by atoms with van der Waals surface area (Å²) in [6.07, 6.45) is 0. The second-order valence-corrected chi connectivity index (χ2v) is 4.29. The van der Waals surface area contributed by atoms with Crippen LogP contribution in [0.25, 0.3) is 0 Å². The SMILES string of the molecule is NC(=O)c1cc(NC(=O)C2CNC(=O)CN2)ccc1F. The van der Waals surface area contributed by atoms with Crippen molar-refractivity contribution in [3.63, 3.8) is 0 Å². The van der Waals surface area contributed by atoms with Crippen molar-refractivity contribution in [1.29, 1.82) is 0 Å². The molecule has 1 unspecified atom stereocenters. The number of benzene rings is 1. The fourth-order valence-corrected chi connectivity index (χ4v) is 1.77. The smallest absolute Gasteiger partial charge is 0.251 e. The van der Waals surface area contributed by atoms with Crippen LogP contribution in [0.4, 0.5) is 10.1 Å². The minimum Gasteiger partial charge on any atom is -0.366 e. The predicted octanol–water partition coefficient (Wildman–Crippen LogP) is -1.05. The van der Waals surface area contributed by atoms with Crippen molar-refractivity contribution in [2.75, 3.05) is 18.4 Å². The number of primary amides is 1. The zero-order valence-corrected chi connectivity index (χ0v) is 10.4. The average molecular weight is 280 g/mol. The Morgan fingerprint density at radius 3 is 2.75 bits per heavy atom. The normalized spacial score (nSPS) is 18.2. The molecule has 0 bridgehead atoms. The largest absolute Gasteiger partial charge is 0.366 e. The topological polar surface area (TPSA) is 113 Å². The van der Waals surface area contributed by atoms with Crippen LogP contribution < -0.4 is 21.7 Å². The lowest BCUT2D eigenvalue weighted by molar-refractivity contribution is -0.124. The van der Waals surface area contributed by atoms with E-state index in [1.807, 2.05) is 0 Å². The molecule has 2 rings (SSSR count). The van der Waals surface area contributed by atoms with Crippen LogP contribution in [0, 0.1) is 5.82 Å². The van der Waals surface area contributed by atoms with E-state index in [1.54, 1.807) is 0 Å². The Balaban J connectivity index is 2.06. The number of rotatable bonds is 3. The summed E-state index contributed by atoms with van der Waals surface area (Å²) in [6, 6.07) is 2.94. The third-order valence-electron chi connectivity index (χ3n) is 2.83. The number of piperazine rings is 1. The number of halogens is 1. The number of nitrogens with two attached hydrogens (primary N) is 1. The summed E-state index contributed by atoms with van der Waals surface area (Å²) in [6.45, 7) is 0.211. The molecule has 1 aliphatic rings. The minimum atomic E-state index is -0.915. The second-order valence-electron chi connectivity index (χ2n) is 4.29. The molecular weight excluding hydrogens is 267 g/mol. The number of amides is 3. The van der Waals surface area contributed by atoms with Gasteiger partial charge in [0.15, 0.2) is 0 Å². The van der Waals surface area contributed by atoms with Crippen molar-refractivity contribution < 1.29 is 18.8 Å². The third kappa shape index (κ3) is 3.09. The molecule has 8 heteroatoms. The van der Waals surface area contributed by atoms with Gasteiger partial charge in [-0.15, -0.1) is 0 Å². The van der Waals surface area contributed by atoms with Crippen LogP contribution in [-0.4, -0.2) is 36.9 Å². The summed E-state index contributed by atoms with van der Waals surface area (Å²) in [7, 11) is 0. The fraction of sp³-hybridized carbons (Fsp3) is 0.250. The van der Waals surface area contributed by atoms with E-state index in [9.17, 15) is 18.8 Å². The maximum Gasteiger partial charge on any atom is 0.251 e. The summed E-state index contributed by atoms with van der Waals surface area (Å²) in [5.41, 5.74) is 4.98. The van der Waals surface area contributed by atoms with Gasteiger partial charge in [-0.1, -0.05) is 0 Å². The van der Waals surface area contributed by atoms with Gasteiger partial charge in [-0.2, -0.15) is 0 Å². The van der Waals surface area contributed by atoms with Crippen LogP contribution in [0.1, 0.15) is 10.4 Å².